The van der Waals surface area contributed by atoms with Crippen molar-refractivity contribution in [1.29, 1.82) is 0 Å². The third kappa shape index (κ3) is 2.70. The largest absolute Gasteiger partial charge is 0.505 e. The smallest absolute Gasteiger partial charge is 0.155 e. The number of aryl methyl sites for hydroxylation is 2. The first kappa shape index (κ1) is 13.0. The van der Waals surface area contributed by atoms with Gasteiger partial charge in [0.15, 0.2) is 5.75 Å². The van der Waals surface area contributed by atoms with Crippen molar-refractivity contribution in [2.45, 2.75) is 13.8 Å². The molecule has 5 heteroatoms. The molecular formula is C12H10I2N2O. The number of aromatic hydroxyl groups is 1. The highest BCUT2D eigenvalue weighted by Crippen LogP contribution is 2.34. The predicted molar refractivity (Wildman–Crippen MR) is 84.0 cm³/mol. The molecule has 0 unspecified atom stereocenters. The van der Waals surface area contributed by atoms with Gasteiger partial charge in [0.2, 0.25) is 0 Å². The Morgan fingerprint density at radius 3 is 2.24 bits per heavy atom. The molecule has 0 atom stereocenters. The molecular weight excluding hydrogens is 442 g/mol. The Hall–Kier alpha value is -0.440. The minimum atomic E-state index is 0.222. The number of hydrogen-bond acceptors (Lipinski definition) is 3. The molecule has 3 nitrogen and oxygen atoms in total. The molecule has 0 spiro atoms. The van der Waals surface area contributed by atoms with Gasteiger partial charge >= 0.3 is 0 Å². The highest BCUT2D eigenvalue weighted by molar-refractivity contribution is 14.1. The maximum absolute atomic E-state index is 10.1. The zero-order valence-electron chi connectivity index (χ0n) is 9.33. The molecule has 0 radical (unpaired) electrons. The first-order valence-electron chi connectivity index (χ1n) is 4.98. The topological polar surface area (TPSA) is 46.0 Å². The van der Waals surface area contributed by atoms with E-state index in [1.165, 1.54) is 0 Å². The summed E-state index contributed by atoms with van der Waals surface area (Å²) in [7, 11) is 0. The SMILES string of the molecule is Cc1ccc(-c2cc(C)nc(I)c2O)c(I)n1. The summed E-state index contributed by atoms with van der Waals surface area (Å²) in [6.07, 6.45) is 0. The maximum atomic E-state index is 10.1. The van der Waals surface area contributed by atoms with Crippen LogP contribution < -0.4 is 0 Å². The lowest BCUT2D eigenvalue weighted by Crippen LogP contribution is -1.94. The van der Waals surface area contributed by atoms with Crippen molar-refractivity contribution in [2.75, 3.05) is 0 Å². The normalized spacial score (nSPS) is 10.6. The Morgan fingerprint density at radius 1 is 0.941 bits per heavy atom. The first-order valence-corrected chi connectivity index (χ1v) is 7.14. The number of pyridine rings is 2. The molecule has 0 aromatic carbocycles. The van der Waals surface area contributed by atoms with E-state index in [-0.39, 0.29) is 5.75 Å². The van der Waals surface area contributed by atoms with Gasteiger partial charge in [-0.3, -0.25) is 0 Å². The highest BCUT2D eigenvalue weighted by Gasteiger charge is 2.13. The monoisotopic (exact) mass is 452 g/mol. The van der Waals surface area contributed by atoms with Crippen LogP contribution in [0.2, 0.25) is 0 Å². The molecule has 0 saturated carbocycles. The van der Waals surface area contributed by atoms with Gasteiger partial charge < -0.3 is 5.11 Å². The van der Waals surface area contributed by atoms with Gasteiger partial charge in [0.1, 0.15) is 7.40 Å². The quantitative estimate of drug-likeness (QED) is 0.531. The lowest BCUT2D eigenvalue weighted by atomic mass is 10.1. The van der Waals surface area contributed by atoms with Crippen molar-refractivity contribution >= 4 is 45.2 Å². The summed E-state index contributed by atoms with van der Waals surface area (Å²) in [6, 6.07) is 5.81. The molecule has 0 aliphatic rings. The third-order valence-electron chi connectivity index (χ3n) is 2.36. The maximum Gasteiger partial charge on any atom is 0.155 e. The summed E-state index contributed by atoms with van der Waals surface area (Å²) in [5.74, 6) is 0.222. The van der Waals surface area contributed by atoms with E-state index in [2.05, 4.69) is 32.6 Å². The number of aromatic nitrogens is 2. The van der Waals surface area contributed by atoms with Crippen LogP contribution in [0.25, 0.3) is 11.1 Å². The molecule has 2 heterocycles. The second-order valence-corrected chi connectivity index (χ2v) is 5.79. The van der Waals surface area contributed by atoms with Crippen molar-refractivity contribution < 1.29 is 5.11 Å². The average Bonchev–Trinajstić information content (AvgIpc) is 2.24. The Balaban J connectivity index is 2.68. The minimum absolute atomic E-state index is 0.222. The summed E-state index contributed by atoms with van der Waals surface area (Å²) in [6.45, 7) is 3.87. The van der Waals surface area contributed by atoms with Gasteiger partial charge in [0.05, 0.1) is 0 Å². The van der Waals surface area contributed by atoms with Crippen molar-refractivity contribution in [3.63, 3.8) is 0 Å². The van der Waals surface area contributed by atoms with Crippen molar-refractivity contribution in [3.8, 4) is 16.9 Å². The molecule has 0 aliphatic carbocycles. The summed E-state index contributed by atoms with van der Waals surface area (Å²) in [5, 5.41) is 10.1. The summed E-state index contributed by atoms with van der Waals surface area (Å²) in [5.41, 5.74) is 3.59. The highest BCUT2D eigenvalue weighted by atomic mass is 127. The lowest BCUT2D eigenvalue weighted by molar-refractivity contribution is 0.469. The fourth-order valence-electron chi connectivity index (χ4n) is 1.56. The molecule has 0 saturated heterocycles. The molecule has 0 aliphatic heterocycles. The van der Waals surface area contributed by atoms with Gasteiger partial charge in [-0.2, -0.15) is 0 Å². The van der Waals surface area contributed by atoms with Crippen molar-refractivity contribution in [2.24, 2.45) is 0 Å². The third-order valence-corrected chi connectivity index (χ3v) is 3.93. The Kier molecular flexibility index (Phi) is 3.86. The molecule has 0 fully saturated rings. The summed E-state index contributed by atoms with van der Waals surface area (Å²) < 4.78 is 1.51. The van der Waals surface area contributed by atoms with Crippen LogP contribution in [-0.2, 0) is 0 Å². The molecule has 1 N–H and O–H groups in total. The molecule has 2 aromatic rings. The van der Waals surface area contributed by atoms with Crippen LogP contribution in [0.5, 0.6) is 5.75 Å². The first-order chi connectivity index (χ1) is 7.99. The summed E-state index contributed by atoms with van der Waals surface area (Å²) in [4.78, 5) is 8.62. The standard InChI is InChI=1S/C12H10I2N2O/c1-6-3-4-8(11(13)15-6)9-5-7(2)16-12(14)10(9)17/h3-5,17H,1-2H3. The van der Waals surface area contributed by atoms with Crippen molar-refractivity contribution in [3.05, 3.63) is 37.0 Å². The molecule has 17 heavy (non-hydrogen) atoms. The fourth-order valence-corrected chi connectivity index (χ4v) is 3.08. The van der Waals surface area contributed by atoms with Gasteiger partial charge in [0, 0.05) is 22.5 Å². The van der Waals surface area contributed by atoms with Crippen LogP contribution in [-0.4, -0.2) is 15.1 Å². The van der Waals surface area contributed by atoms with Crippen LogP contribution in [0.1, 0.15) is 11.4 Å². The number of hydrogen-bond donors (Lipinski definition) is 1. The van der Waals surface area contributed by atoms with Crippen LogP contribution in [0.3, 0.4) is 0 Å². The Bertz CT molecular complexity index is 585. The predicted octanol–water partition coefficient (Wildman–Crippen LogP) is 3.68. The average molecular weight is 452 g/mol. The van der Waals surface area contributed by atoms with E-state index < -0.39 is 0 Å². The van der Waals surface area contributed by atoms with E-state index >= 15 is 0 Å². The number of rotatable bonds is 1. The summed E-state index contributed by atoms with van der Waals surface area (Å²) >= 11 is 4.22. The van der Waals surface area contributed by atoms with Crippen LogP contribution in [0.15, 0.2) is 18.2 Å². The number of nitrogens with zero attached hydrogens (tertiary/aromatic N) is 2. The molecule has 0 amide bonds. The second-order valence-electron chi connectivity index (χ2n) is 3.74. The van der Waals surface area contributed by atoms with Gasteiger partial charge in [-0.15, -0.1) is 0 Å². The van der Waals surface area contributed by atoms with Gasteiger partial charge in [-0.1, -0.05) is 0 Å². The van der Waals surface area contributed by atoms with Crippen molar-refractivity contribution in [1.82, 2.24) is 9.97 Å². The zero-order chi connectivity index (χ0) is 12.6. The van der Waals surface area contributed by atoms with E-state index in [1.54, 1.807) is 0 Å². The number of halogens is 2. The second kappa shape index (κ2) is 5.05. The molecule has 2 aromatic heterocycles. The van der Waals surface area contributed by atoms with Gasteiger partial charge in [-0.25, -0.2) is 9.97 Å². The van der Waals surface area contributed by atoms with Crippen LogP contribution in [0, 0.1) is 21.2 Å². The van der Waals surface area contributed by atoms with E-state index in [0.717, 1.165) is 26.2 Å². The molecule has 2 rings (SSSR count). The van der Waals surface area contributed by atoms with E-state index in [9.17, 15) is 5.11 Å². The van der Waals surface area contributed by atoms with Gasteiger partial charge in [0.25, 0.3) is 0 Å². The van der Waals surface area contributed by atoms with E-state index in [0.29, 0.717) is 3.70 Å². The molecule has 88 valence electrons. The molecule has 0 bridgehead atoms. The van der Waals surface area contributed by atoms with Crippen LogP contribution >= 0.6 is 45.2 Å². The lowest BCUT2D eigenvalue weighted by Gasteiger charge is -2.09. The minimum Gasteiger partial charge on any atom is -0.505 e. The zero-order valence-corrected chi connectivity index (χ0v) is 13.6. The Morgan fingerprint density at radius 2 is 1.59 bits per heavy atom. The van der Waals surface area contributed by atoms with Gasteiger partial charge in [-0.05, 0) is 77.2 Å². The van der Waals surface area contributed by atoms with E-state index in [4.69, 9.17) is 0 Å². The Labute approximate surface area is 127 Å². The van der Waals surface area contributed by atoms with Crippen LogP contribution in [0.4, 0.5) is 0 Å². The van der Waals surface area contributed by atoms with E-state index in [1.807, 2.05) is 54.6 Å². The fraction of sp³-hybridized carbons (Fsp3) is 0.167.